The molecule has 2 nitrogen and oxygen atoms in total. The molecule has 2 heteroatoms. The fourth-order valence-corrected chi connectivity index (χ4v) is 4.34. The number of benzene rings is 3. The Labute approximate surface area is 169 Å². The van der Waals surface area contributed by atoms with Crippen molar-refractivity contribution >= 4 is 0 Å². The van der Waals surface area contributed by atoms with E-state index in [9.17, 15) is 0 Å². The van der Waals surface area contributed by atoms with E-state index in [2.05, 4.69) is 101 Å². The second-order valence-corrected chi connectivity index (χ2v) is 7.82. The summed E-state index contributed by atoms with van der Waals surface area (Å²) in [6.45, 7) is 3.25. The summed E-state index contributed by atoms with van der Waals surface area (Å²) < 4.78 is 0. The van der Waals surface area contributed by atoms with Crippen LogP contribution in [-0.4, -0.2) is 30.1 Å². The highest BCUT2D eigenvalue weighted by atomic mass is 15.2. The second-order valence-electron chi connectivity index (χ2n) is 7.82. The first-order valence-electron chi connectivity index (χ1n) is 10.5. The number of nitrogens with zero attached hydrogens (tertiary/aromatic N) is 1. The van der Waals surface area contributed by atoms with Crippen molar-refractivity contribution in [2.24, 2.45) is 0 Å². The molecule has 1 saturated heterocycles. The van der Waals surface area contributed by atoms with Gasteiger partial charge in [0, 0.05) is 25.2 Å². The van der Waals surface area contributed by atoms with Crippen LogP contribution in [0.2, 0.25) is 0 Å². The lowest BCUT2D eigenvalue weighted by Gasteiger charge is -2.35. The highest BCUT2D eigenvalue weighted by Crippen LogP contribution is 2.21. The molecule has 3 aromatic rings. The quantitative estimate of drug-likeness (QED) is 0.676. The van der Waals surface area contributed by atoms with Gasteiger partial charge in [-0.2, -0.15) is 0 Å². The van der Waals surface area contributed by atoms with Gasteiger partial charge in [0.25, 0.3) is 0 Å². The van der Waals surface area contributed by atoms with Gasteiger partial charge in [0.1, 0.15) is 0 Å². The molecule has 0 aromatic heterocycles. The van der Waals surface area contributed by atoms with Crippen LogP contribution in [0.15, 0.2) is 91.0 Å². The van der Waals surface area contributed by atoms with E-state index in [1.807, 2.05) is 0 Å². The van der Waals surface area contributed by atoms with Crippen LogP contribution in [0, 0.1) is 0 Å². The molecule has 0 amide bonds. The van der Waals surface area contributed by atoms with Gasteiger partial charge in [-0.1, -0.05) is 91.0 Å². The fourth-order valence-electron chi connectivity index (χ4n) is 4.34. The molecule has 0 aliphatic carbocycles. The normalized spacial score (nSPS) is 20.6. The van der Waals surface area contributed by atoms with Crippen LogP contribution in [-0.2, 0) is 19.4 Å². The van der Waals surface area contributed by atoms with Crippen molar-refractivity contribution in [1.82, 2.24) is 10.2 Å². The minimum absolute atomic E-state index is 0.453. The van der Waals surface area contributed by atoms with Crippen molar-refractivity contribution in [2.45, 2.75) is 37.9 Å². The molecule has 4 rings (SSSR count). The van der Waals surface area contributed by atoms with E-state index < -0.39 is 0 Å². The minimum Gasteiger partial charge on any atom is -0.312 e. The van der Waals surface area contributed by atoms with Gasteiger partial charge in [-0.25, -0.2) is 0 Å². The smallest absolute Gasteiger partial charge is 0.0296 e. The zero-order valence-corrected chi connectivity index (χ0v) is 16.5. The summed E-state index contributed by atoms with van der Waals surface area (Å²) >= 11 is 0. The summed E-state index contributed by atoms with van der Waals surface area (Å²) in [5.74, 6) is 0. The molecule has 1 fully saturated rings. The first kappa shape index (κ1) is 18.9. The zero-order valence-electron chi connectivity index (χ0n) is 16.5. The Bertz CT molecular complexity index is 765. The molecule has 28 heavy (non-hydrogen) atoms. The van der Waals surface area contributed by atoms with E-state index in [1.54, 1.807) is 0 Å². The van der Waals surface area contributed by atoms with Crippen molar-refractivity contribution in [1.29, 1.82) is 0 Å². The maximum atomic E-state index is 3.87. The van der Waals surface area contributed by atoms with E-state index in [0.29, 0.717) is 12.1 Å². The first-order valence-corrected chi connectivity index (χ1v) is 10.5. The standard InChI is InChI=1S/C26H30N2/c1-4-11-22(12-5-1)19-25-26(20-23-13-6-2-7-14-23)28(18-10-17-27-25)21-24-15-8-3-9-16-24/h1-9,11-16,25-27H,10,17-21H2. The van der Waals surface area contributed by atoms with Crippen LogP contribution < -0.4 is 5.32 Å². The van der Waals surface area contributed by atoms with Crippen LogP contribution in [0.4, 0.5) is 0 Å². The molecule has 3 aromatic carbocycles. The lowest BCUT2D eigenvalue weighted by Crippen LogP contribution is -2.49. The van der Waals surface area contributed by atoms with Crippen LogP contribution in [0.5, 0.6) is 0 Å². The number of rotatable bonds is 6. The molecular weight excluding hydrogens is 340 g/mol. The maximum absolute atomic E-state index is 3.87. The summed E-state index contributed by atoms with van der Waals surface area (Å²) in [5, 5.41) is 3.87. The SMILES string of the molecule is c1ccc(CC2NCCCN(Cc3ccccc3)C2Cc2ccccc2)cc1. The predicted octanol–water partition coefficient (Wildman–Crippen LogP) is 4.70. The van der Waals surface area contributed by atoms with Gasteiger partial charge in [0.05, 0.1) is 0 Å². The van der Waals surface area contributed by atoms with Gasteiger partial charge >= 0.3 is 0 Å². The largest absolute Gasteiger partial charge is 0.312 e. The Morgan fingerprint density at radius 2 is 1.21 bits per heavy atom. The van der Waals surface area contributed by atoms with Crippen molar-refractivity contribution in [2.75, 3.05) is 13.1 Å². The van der Waals surface area contributed by atoms with Gasteiger partial charge in [-0.05, 0) is 42.5 Å². The van der Waals surface area contributed by atoms with E-state index in [-0.39, 0.29) is 0 Å². The summed E-state index contributed by atoms with van der Waals surface area (Å²) in [6.07, 6.45) is 3.35. The summed E-state index contributed by atoms with van der Waals surface area (Å²) in [6, 6.07) is 33.7. The molecule has 0 spiro atoms. The third-order valence-corrected chi connectivity index (χ3v) is 5.78. The van der Waals surface area contributed by atoms with E-state index in [1.165, 1.54) is 23.1 Å². The van der Waals surface area contributed by atoms with Gasteiger partial charge in [-0.3, -0.25) is 4.90 Å². The molecule has 1 aliphatic rings. The summed E-state index contributed by atoms with van der Waals surface area (Å²) in [7, 11) is 0. The molecule has 1 heterocycles. The van der Waals surface area contributed by atoms with Gasteiger partial charge < -0.3 is 5.32 Å². The van der Waals surface area contributed by atoms with Gasteiger partial charge in [0.15, 0.2) is 0 Å². The highest BCUT2D eigenvalue weighted by molar-refractivity contribution is 5.21. The van der Waals surface area contributed by atoms with E-state index in [0.717, 1.165) is 32.5 Å². The molecule has 0 radical (unpaired) electrons. The van der Waals surface area contributed by atoms with Crippen molar-refractivity contribution in [3.8, 4) is 0 Å². The molecule has 144 valence electrons. The Hall–Kier alpha value is -2.42. The van der Waals surface area contributed by atoms with E-state index >= 15 is 0 Å². The van der Waals surface area contributed by atoms with Crippen molar-refractivity contribution in [3.63, 3.8) is 0 Å². The number of hydrogen-bond donors (Lipinski definition) is 1. The topological polar surface area (TPSA) is 15.3 Å². The minimum atomic E-state index is 0.453. The lowest BCUT2D eigenvalue weighted by molar-refractivity contribution is 0.166. The van der Waals surface area contributed by atoms with E-state index in [4.69, 9.17) is 0 Å². The molecule has 0 saturated carbocycles. The average Bonchev–Trinajstić information content (AvgIpc) is 2.93. The second kappa shape index (κ2) is 9.68. The van der Waals surface area contributed by atoms with Crippen LogP contribution in [0.1, 0.15) is 23.1 Å². The zero-order chi connectivity index (χ0) is 19.0. The van der Waals surface area contributed by atoms with Crippen molar-refractivity contribution in [3.05, 3.63) is 108 Å². The Morgan fingerprint density at radius 3 is 1.82 bits per heavy atom. The summed E-state index contributed by atoms with van der Waals surface area (Å²) in [5.41, 5.74) is 4.24. The van der Waals surface area contributed by atoms with Crippen LogP contribution in [0.25, 0.3) is 0 Å². The lowest BCUT2D eigenvalue weighted by atomic mass is 9.93. The maximum Gasteiger partial charge on any atom is 0.0296 e. The molecule has 1 aliphatic heterocycles. The highest BCUT2D eigenvalue weighted by Gasteiger charge is 2.29. The molecule has 2 atom stereocenters. The fraction of sp³-hybridized carbons (Fsp3) is 0.308. The first-order chi connectivity index (χ1) is 13.9. The Balaban J connectivity index is 1.60. The third kappa shape index (κ3) is 5.09. The molecule has 1 N–H and O–H groups in total. The number of hydrogen-bond acceptors (Lipinski definition) is 2. The predicted molar refractivity (Wildman–Crippen MR) is 117 cm³/mol. The third-order valence-electron chi connectivity index (χ3n) is 5.78. The summed E-state index contributed by atoms with van der Waals surface area (Å²) in [4.78, 5) is 2.70. The Kier molecular flexibility index (Phi) is 6.54. The van der Waals surface area contributed by atoms with Crippen molar-refractivity contribution < 1.29 is 0 Å². The molecular formula is C26H30N2. The average molecular weight is 371 g/mol. The monoisotopic (exact) mass is 370 g/mol. The molecule has 0 bridgehead atoms. The van der Waals surface area contributed by atoms with Crippen LogP contribution in [0.3, 0.4) is 0 Å². The van der Waals surface area contributed by atoms with Crippen LogP contribution >= 0.6 is 0 Å². The van der Waals surface area contributed by atoms with Gasteiger partial charge in [-0.15, -0.1) is 0 Å². The Morgan fingerprint density at radius 1 is 0.679 bits per heavy atom. The van der Waals surface area contributed by atoms with Gasteiger partial charge in [0.2, 0.25) is 0 Å². The number of nitrogens with one attached hydrogen (secondary N) is 1. The molecule has 2 unspecified atom stereocenters.